The van der Waals surface area contributed by atoms with E-state index >= 15 is 0 Å². The van der Waals surface area contributed by atoms with Crippen molar-refractivity contribution in [2.24, 2.45) is 0 Å². The largest absolute Gasteiger partial charge is 0.503 e. The summed E-state index contributed by atoms with van der Waals surface area (Å²) in [5.41, 5.74) is 0.503. The quantitative estimate of drug-likeness (QED) is 0.491. The van der Waals surface area contributed by atoms with Crippen LogP contribution in [0.5, 0.6) is 11.5 Å². The molecule has 0 aliphatic carbocycles. The fourth-order valence-electron chi connectivity index (χ4n) is 1.41. The van der Waals surface area contributed by atoms with E-state index < -0.39 is 5.91 Å². The molecule has 0 saturated carbocycles. The SMILES string of the molecule is C=CCNC(=O)/C(C#N)=C/c1cc(Br)c(O)c(OC)c1. The Morgan fingerprint density at radius 3 is 2.90 bits per heavy atom. The third-order valence-electron chi connectivity index (χ3n) is 2.35. The van der Waals surface area contributed by atoms with E-state index in [-0.39, 0.29) is 23.6 Å². The lowest BCUT2D eigenvalue weighted by Gasteiger charge is -2.07. The molecule has 0 spiro atoms. The van der Waals surface area contributed by atoms with Crippen molar-refractivity contribution in [2.75, 3.05) is 13.7 Å². The van der Waals surface area contributed by atoms with Crippen molar-refractivity contribution in [3.63, 3.8) is 0 Å². The molecule has 1 aromatic carbocycles. The zero-order valence-corrected chi connectivity index (χ0v) is 12.4. The molecule has 0 fully saturated rings. The number of nitriles is 1. The van der Waals surface area contributed by atoms with Gasteiger partial charge in [0.2, 0.25) is 0 Å². The van der Waals surface area contributed by atoms with E-state index in [2.05, 4.69) is 27.8 Å². The van der Waals surface area contributed by atoms with Crippen molar-refractivity contribution in [1.29, 1.82) is 5.26 Å². The number of nitrogens with zero attached hydrogens (tertiary/aromatic N) is 1. The summed E-state index contributed by atoms with van der Waals surface area (Å²) >= 11 is 3.17. The van der Waals surface area contributed by atoms with Gasteiger partial charge in [0.25, 0.3) is 5.91 Å². The maximum Gasteiger partial charge on any atom is 0.262 e. The maximum absolute atomic E-state index is 11.7. The summed E-state index contributed by atoms with van der Waals surface area (Å²) in [6.45, 7) is 3.76. The Labute approximate surface area is 125 Å². The lowest BCUT2D eigenvalue weighted by atomic mass is 10.1. The molecule has 0 bridgehead atoms. The summed E-state index contributed by atoms with van der Waals surface area (Å²) in [5, 5.41) is 21.2. The summed E-state index contributed by atoms with van der Waals surface area (Å²) in [6.07, 6.45) is 2.93. The van der Waals surface area contributed by atoms with Crippen LogP contribution in [0.1, 0.15) is 5.56 Å². The summed E-state index contributed by atoms with van der Waals surface area (Å²) in [5.74, 6) is -0.288. The van der Waals surface area contributed by atoms with Crippen molar-refractivity contribution < 1.29 is 14.6 Å². The lowest BCUT2D eigenvalue weighted by molar-refractivity contribution is -0.116. The monoisotopic (exact) mass is 336 g/mol. The number of phenols is 1. The van der Waals surface area contributed by atoms with E-state index in [4.69, 9.17) is 10.00 Å². The smallest absolute Gasteiger partial charge is 0.262 e. The second-order valence-corrected chi connectivity index (χ2v) is 4.58. The van der Waals surface area contributed by atoms with E-state index in [9.17, 15) is 9.90 Å². The van der Waals surface area contributed by atoms with Gasteiger partial charge in [-0.15, -0.1) is 6.58 Å². The average Bonchev–Trinajstić information content (AvgIpc) is 2.45. The molecule has 0 saturated heterocycles. The number of nitrogens with one attached hydrogen (secondary N) is 1. The first kappa shape index (κ1) is 15.8. The zero-order chi connectivity index (χ0) is 15.1. The Morgan fingerprint density at radius 1 is 1.65 bits per heavy atom. The highest BCUT2D eigenvalue weighted by molar-refractivity contribution is 9.10. The van der Waals surface area contributed by atoms with Gasteiger partial charge in [0.1, 0.15) is 11.6 Å². The molecule has 1 rings (SSSR count). The minimum Gasteiger partial charge on any atom is -0.503 e. The van der Waals surface area contributed by atoms with Gasteiger partial charge >= 0.3 is 0 Å². The second kappa shape index (κ2) is 7.36. The summed E-state index contributed by atoms with van der Waals surface area (Å²) < 4.78 is 5.41. The predicted octanol–water partition coefficient (Wildman–Crippen LogP) is 2.37. The Kier molecular flexibility index (Phi) is 5.81. The van der Waals surface area contributed by atoms with Crippen molar-refractivity contribution in [2.45, 2.75) is 0 Å². The van der Waals surface area contributed by atoms with Crippen LogP contribution in [0, 0.1) is 11.3 Å². The van der Waals surface area contributed by atoms with Gasteiger partial charge in [0.05, 0.1) is 11.6 Å². The number of carbonyl (C=O) groups excluding carboxylic acids is 1. The molecule has 0 unspecified atom stereocenters. The topological polar surface area (TPSA) is 82.4 Å². The van der Waals surface area contributed by atoms with Crippen LogP contribution in [-0.4, -0.2) is 24.7 Å². The zero-order valence-electron chi connectivity index (χ0n) is 10.8. The standard InChI is InChI=1S/C14H13BrN2O3/c1-3-4-17-14(19)10(8-16)5-9-6-11(15)13(18)12(7-9)20-2/h3,5-7,18H,1,4H2,2H3,(H,17,19)/b10-5+. The summed E-state index contributed by atoms with van der Waals surface area (Å²) in [6, 6.07) is 4.93. The van der Waals surface area contributed by atoms with Crippen LogP contribution in [0.2, 0.25) is 0 Å². The molecule has 0 radical (unpaired) electrons. The highest BCUT2D eigenvalue weighted by atomic mass is 79.9. The molecule has 20 heavy (non-hydrogen) atoms. The van der Waals surface area contributed by atoms with E-state index in [1.807, 2.05) is 6.07 Å². The number of hydrogen-bond donors (Lipinski definition) is 2. The molecule has 0 atom stereocenters. The number of carbonyl (C=O) groups is 1. The van der Waals surface area contributed by atoms with Gasteiger partial charge in [0, 0.05) is 6.54 Å². The van der Waals surface area contributed by atoms with Crippen LogP contribution < -0.4 is 10.1 Å². The van der Waals surface area contributed by atoms with E-state index in [1.165, 1.54) is 25.3 Å². The molecule has 5 nitrogen and oxygen atoms in total. The number of methoxy groups -OCH3 is 1. The van der Waals surface area contributed by atoms with Gasteiger partial charge in [-0.2, -0.15) is 5.26 Å². The Hall–Kier alpha value is -2.26. The number of halogens is 1. The minimum absolute atomic E-state index is 0.0423. The predicted molar refractivity (Wildman–Crippen MR) is 79.2 cm³/mol. The molecule has 1 amide bonds. The van der Waals surface area contributed by atoms with Gasteiger partial charge in [-0.25, -0.2) is 0 Å². The highest BCUT2D eigenvalue weighted by Crippen LogP contribution is 2.35. The number of rotatable bonds is 5. The molecule has 6 heteroatoms. The molecule has 0 aliphatic heterocycles. The van der Waals surface area contributed by atoms with Crippen LogP contribution in [0.15, 0.2) is 34.8 Å². The van der Waals surface area contributed by atoms with Crippen LogP contribution in [0.4, 0.5) is 0 Å². The van der Waals surface area contributed by atoms with Gasteiger partial charge in [-0.05, 0) is 39.7 Å². The Morgan fingerprint density at radius 2 is 2.35 bits per heavy atom. The molecular weight excluding hydrogens is 324 g/mol. The first-order valence-electron chi connectivity index (χ1n) is 5.60. The van der Waals surface area contributed by atoms with E-state index in [1.54, 1.807) is 6.07 Å². The van der Waals surface area contributed by atoms with Crippen molar-refractivity contribution in [3.8, 4) is 17.6 Å². The molecule has 0 aromatic heterocycles. The lowest BCUT2D eigenvalue weighted by Crippen LogP contribution is -2.24. The first-order valence-corrected chi connectivity index (χ1v) is 6.40. The van der Waals surface area contributed by atoms with Gasteiger partial charge in [0.15, 0.2) is 11.5 Å². The third kappa shape index (κ3) is 3.87. The number of benzene rings is 1. The number of amides is 1. The molecule has 0 heterocycles. The first-order chi connectivity index (χ1) is 9.53. The van der Waals surface area contributed by atoms with Gasteiger partial charge < -0.3 is 15.2 Å². The number of aromatic hydroxyl groups is 1. The Balaban J connectivity index is 3.14. The number of phenolic OH excluding ortho intramolecular Hbond substituents is 1. The van der Waals surface area contributed by atoms with Crippen LogP contribution in [0.3, 0.4) is 0 Å². The van der Waals surface area contributed by atoms with Crippen molar-refractivity contribution in [3.05, 3.63) is 40.4 Å². The number of hydrogen-bond acceptors (Lipinski definition) is 4. The van der Waals surface area contributed by atoms with Crippen molar-refractivity contribution >= 4 is 27.9 Å². The fourth-order valence-corrected chi connectivity index (χ4v) is 1.87. The molecule has 0 aliphatic rings. The number of ether oxygens (including phenoxy) is 1. The maximum atomic E-state index is 11.7. The van der Waals surface area contributed by atoms with Crippen LogP contribution in [0.25, 0.3) is 6.08 Å². The molecule has 1 aromatic rings. The highest BCUT2D eigenvalue weighted by Gasteiger charge is 2.11. The fraction of sp³-hybridized carbons (Fsp3) is 0.143. The van der Waals surface area contributed by atoms with Gasteiger partial charge in [-0.3, -0.25) is 4.79 Å². The van der Waals surface area contributed by atoms with Gasteiger partial charge in [-0.1, -0.05) is 6.08 Å². The molecule has 104 valence electrons. The summed E-state index contributed by atoms with van der Waals surface area (Å²) in [7, 11) is 1.41. The third-order valence-corrected chi connectivity index (χ3v) is 2.96. The summed E-state index contributed by atoms with van der Waals surface area (Å²) in [4.78, 5) is 11.7. The van der Waals surface area contributed by atoms with Crippen molar-refractivity contribution in [1.82, 2.24) is 5.32 Å². The Bertz CT molecular complexity index is 603. The van der Waals surface area contributed by atoms with Crippen LogP contribution in [-0.2, 0) is 4.79 Å². The van der Waals surface area contributed by atoms with E-state index in [0.717, 1.165) is 0 Å². The van der Waals surface area contributed by atoms with Crippen LogP contribution >= 0.6 is 15.9 Å². The second-order valence-electron chi connectivity index (χ2n) is 3.72. The average molecular weight is 337 g/mol. The minimum atomic E-state index is -0.490. The molecule has 2 N–H and O–H groups in total. The molecular formula is C14H13BrN2O3. The normalized spacial score (nSPS) is 10.6. The van der Waals surface area contributed by atoms with E-state index in [0.29, 0.717) is 10.0 Å².